The fourth-order valence-electron chi connectivity index (χ4n) is 2.84. The van der Waals surface area contributed by atoms with Gasteiger partial charge in [0, 0.05) is 32.7 Å². The summed E-state index contributed by atoms with van der Waals surface area (Å²) in [5.74, 6) is -0.0182. The van der Waals surface area contributed by atoms with Gasteiger partial charge in [0.15, 0.2) is 0 Å². The molecule has 138 valence electrons. The molecule has 1 aliphatic heterocycles. The first-order valence-corrected chi connectivity index (χ1v) is 8.83. The van der Waals surface area contributed by atoms with Crippen molar-refractivity contribution in [3.8, 4) is 5.75 Å². The zero-order valence-corrected chi connectivity index (χ0v) is 15.0. The minimum absolute atomic E-state index is 0.143. The van der Waals surface area contributed by atoms with Crippen LogP contribution < -0.4 is 15.5 Å². The highest BCUT2D eigenvalue weighted by Crippen LogP contribution is 2.27. The molecule has 1 aromatic rings. The van der Waals surface area contributed by atoms with E-state index < -0.39 is 6.04 Å². The van der Waals surface area contributed by atoms with Crippen LogP contribution in [0.4, 0.5) is 5.69 Å². The predicted molar refractivity (Wildman–Crippen MR) is 97.7 cm³/mol. The van der Waals surface area contributed by atoms with Crippen LogP contribution in [0.25, 0.3) is 0 Å². The number of carbonyl (C=O) groups excluding carboxylic acids is 2. The number of aromatic hydroxyl groups is 1. The molecule has 7 nitrogen and oxygen atoms in total. The van der Waals surface area contributed by atoms with Gasteiger partial charge in [-0.15, -0.1) is 0 Å². The first-order chi connectivity index (χ1) is 12.0. The van der Waals surface area contributed by atoms with Gasteiger partial charge in [-0.25, -0.2) is 0 Å². The quantitative estimate of drug-likeness (QED) is 0.670. The van der Waals surface area contributed by atoms with Gasteiger partial charge in [0.25, 0.3) is 0 Å². The van der Waals surface area contributed by atoms with Gasteiger partial charge in [-0.1, -0.05) is 19.1 Å². The lowest BCUT2D eigenvalue weighted by atomic mass is 10.2. The molecule has 1 heterocycles. The highest BCUT2D eigenvalue weighted by molar-refractivity contribution is 5.87. The zero-order valence-electron chi connectivity index (χ0n) is 15.0. The average Bonchev–Trinajstić information content (AvgIpc) is 2.60. The number of amides is 2. The maximum absolute atomic E-state index is 12.1. The minimum atomic E-state index is -0.526. The monoisotopic (exact) mass is 348 g/mol. The lowest BCUT2D eigenvalue weighted by Gasteiger charge is -2.36. The van der Waals surface area contributed by atoms with Crippen molar-refractivity contribution in [2.75, 3.05) is 44.2 Å². The summed E-state index contributed by atoms with van der Waals surface area (Å²) in [6.07, 6.45) is 0.869. The smallest absolute Gasteiger partial charge is 0.242 e. The SMILES string of the molecule is CCCNC(=O)[C@H](C)NC(=O)CN1CCN(c2ccccc2O)CC1. The Balaban J connectivity index is 1.75. The number of piperazine rings is 1. The van der Waals surface area contributed by atoms with Crippen LogP contribution in [-0.4, -0.2) is 67.1 Å². The van der Waals surface area contributed by atoms with Crippen LogP contribution in [0, 0.1) is 0 Å². The minimum Gasteiger partial charge on any atom is -0.506 e. The van der Waals surface area contributed by atoms with E-state index in [9.17, 15) is 14.7 Å². The van der Waals surface area contributed by atoms with Crippen LogP contribution >= 0.6 is 0 Å². The number of anilines is 1. The summed E-state index contributed by atoms with van der Waals surface area (Å²) in [5.41, 5.74) is 0.827. The average molecular weight is 348 g/mol. The van der Waals surface area contributed by atoms with Crippen LogP contribution in [0.3, 0.4) is 0 Å². The second-order valence-electron chi connectivity index (χ2n) is 6.33. The second-order valence-corrected chi connectivity index (χ2v) is 6.33. The van der Waals surface area contributed by atoms with Gasteiger partial charge < -0.3 is 20.6 Å². The predicted octanol–water partition coefficient (Wildman–Crippen LogP) is 0.545. The maximum atomic E-state index is 12.1. The number of hydrogen-bond donors (Lipinski definition) is 3. The molecule has 7 heteroatoms. The number of hydrogen-bond acceptors (Lipinski definition) is 5. The molecule has 2 amide bonds. The van der Waals surface area contributed by atoms with E-state index in [1.54, 1.807) is 19.1 Å². The molecule has 0 saturated carbocycles. The van der Waals surface area contributed by atoms with Crippen LogP contribution in [0.1, 0.15) is 20.3 Å². The number of phenolic OH excluding ortho intramolecular Hbond substituents is 1. The molecule has 1 fully saturated rings. The number of nitrogens with one attached hydrogen (secondary N) is 2. The van der Waals surface area contributed by atoms with E-state index in [4.69, 9.17) is 0 Å². The summed E-state index contributed by atoms with van der Waals surface area (Å²) < 4.78 is 0. The lowest BCUT2D eigenvalue weighted by molar-refractivity contribution is -0.129. The molecule has 0 spiro atoms. The van der Waals surface area contributed by atoms with Crippen molar-refractivity contribution in [2.45, 2.75) is 26.3 Å². The molecule has 2 rings (SSSR count). The highest BCUT2D eigenvalue weighted by Gasteiger charge is 2.22. The molecule has 1 atom stereocenters. The molecule has 0 bridgehead atoms. The van der Waals surface area contributed by atoms with E-state index in [2.05, 4.69) is 20.4 Å². The summed E-state index contributed by atoms with van der Waals surface area (Å²) in [4.78, 5) is 28.1. The van der Waals surface area contributed by atoms with Gasteiger partial charge >= 0.3 is 0 Å². The van der Waals surface area contributed by atoms with Crippen molar-refractivity contribution < 1.29 is 14.7 Å². The van der Waals surface area contributed by atoms with Gasteiger partial charge in [-0.05, 0) is 25.5 Å². The molecule has 0 radical (unpaired) electrons. The van der Waals surface area contributed by atoms with E-state index in [1.165, 1.54) is 0 Å². The molecule has 1 aromatic carbocycles. The second kappa shape index (κ2) is 9.27. The fourth-order valence-corrected chi connectivity index (χ4v) is 2.84. The molecular weight excluding hydrogens is 320 g/mol. The van der Waals surface area contributed by atoms with Crippen LogP contribution in [0.15, 0.2) is 24.3 Å². The third kappa shape index (κ3) is 5.63. The van der Waals surface area contributed by atoms with E-state index in [1.807, 2.05) is 19.1 Å². The first-order valence-electron chi connectivity index (χ1n) is 8.83. The van der Waals surface area contributed by atoms with E-state index in [0.717, 1.165) is 38.3 Å². The standard InChI is InChI=1S/C18H28N4O3/c1-3-8-19-18(25)14(2)20-17(24)13-21-9-11-22(12-10-21)15-6-4-5-7-16(15)23/h4-7,14,23H,3,8-13H2,1-2H3,(H,19,25)(H,20,24)/t14-/m0/s1. The topological polar surface area (TPSA) is 84.9 Å². The Hall–Kier alpha value is -2.28. The van der Waals surface area contributed by atoms with Crippen molar-refractivity contribution >= 4 is 17.5 Å². The van der Waals surface area contributed by atoms with Crippen LogP contribution in [0.5, 0.6) is 5.75 Å². The Morgan fingerprint density at radius 2 is 1.88 bits per heavy atom. The molecule has 1 aliphatic rings. The summed E-state index contributed by atoms with van der Waals surface area (Å²) in [5, 5.41) is 15.4. The van der Waals surface area contributed by atoms with Crippen molar-refractivity contribution in [1.82, 2.24) is 15.5 Å². The normalized spacial score (nSPS) is 16.3. The summed E-state index contributed by atoms with van der Waals surface area (Å²) in [6.45, 7) is 7.54. The van der Waals surface area contributed by atoms with Crippen LogP contribution in [-0.2, 0) is 9.59 Å². The van der Waals surface area contributed by atoms with Crippen LogP contribution in [0.2, 0.25) is 0 Å². The van der Waals surface area contributed by atoms with Gasteiger partial charge in [0.1, 0.15) is 11.8 Å². The fraction of sp³-hybridized carbons (Fsp3) is 0.556. The molecule has 1 saturated heterocycles. The number of phenols is 1. The maximum Gasteiger partial charge on any atom is 0.242 e. The summed E-state index contributed by atoms with van der Waals surface area (Å²) in [6, 6.07) is 6.76. The Labute approximate surface area is 149 Å². The van der Waals surface area contributed by atoms with Gasteiger partial charge in [-0.2, -0.15) is 0 Å². The zero-order chi connectivity index (χ0) is 18.2. The molecule has 3 N–H and O–H groups in total. The van der Waals surface area contributed by atoms with Crippen molar-refractivity contribution in [1.29, 1.82) is 0 Å². The Kier molecular flexibility index (Phi) is 7.06. The highest BCUT2D eigenvalue weighted by atomic mass is 16.3. The van der Waals surface area contributed by atoms with Gasteiger partial charge in [0.2, 0.25) is 11.8 Å². The van der Waals surface area contributed by atoms with Crippen molar-refractivity contribution in [3.63, 3.8) is 0 Å². The van der Waals surface area contributed by atoms with Gasteiger partial charge in [0.05, 0.1) is 12.2 Å². The molecular formula is C18H28N4O3. The third-order valence-electron chi connectivity index (χ3n) is 4.28. The van der Waals surface area contributed by atoms with Crippen molar-refractivity contribution in [2.24, 2.45) is 0 Å². The number of para-hydroxylation sites is 2. The molecule has 0 unspecified atom stereocenters. The van der Waals surface area contributed by atoms with Gasteiger partial charge in [-0.3, -0.25) is 14.5 Å². The van der Waals surface area contributed by atoms with E-state index in [-0.39, 0.29) is 24.1 Å². The summed E-state index contributed by atoms with van der Waals surface area (Å²) >= 11 is 0. The molecule has 0 aromatic heterocycles. The molecule has 25 heavy (non-hydrogen) atoms. The Morgan fingerprint density at radius 3 is 2.52 bits per heavy atom. The Bertz CT molecular complexity index is 585. The largest absolute Gasteiger partial charge is 0.506 e. The van der Waals surface area contributed by atoms with Crippen molar-refractivity contribution in [3.05, 3.63) is 24.3 Å². The number of nitrogens with zero attached hydrogens (tertiary/aromatic N) is 2. The van der Waals surface area contributed by atoms with E-state index >= 15 is 0 Å². The lowest BCUT2D eigenvalue weighted by Crippen LogP contribution is -2.52. The number of carbonyl (C=O) groups is 2. The van der Waals surface area contributed by atoms with E-state index in [0.29, 0.717) is 6.54 Å². The Morgan fingerprint density at radius 1 is 1.20 bits per heavy atom. The summed E-state index contributed by atoms with van der Waals surface area (Å²) in [7, 11) is 0. The molecule has 0 aliphatic carbocycles. The third-order valence-corrected chi connectivity index (χ3v) is 4.28. The number of rotatable bonds is 7. The first kappa shape index (κ1) is 19.1. The number of benzene rings is 1.